The first-order valence-corrected chi connectivity index (χ1v) is 6.55. The summed E-state index contributed by atoms with van der Waals surface area (Å²) < 4.78 is 4.99. The monoisotopic (exact) mass is 310 g/mol. The third-order valence-corrected chi connectivity index (χ3v) is 2.60. The van der Waals surface area contributed by atoms with E-state index in [-0.39, 0.29) is 17.7 Å². The third-order valence-electron chi connectivity index (χ3n) is 2.60. The minimum Gasteiger partial charge on any atom is -0.480 e. The van der Waals surface area contributed by atoms with Crippen LogP contribution in [0.15, 0.2) is 24.3 Å². The van der Waals surface area contributed by atoms with E-state index < -0.39 is 28.6 Å². The highest BCUT2D eigenvalue weighted by Crippen LogP contribution is 2.19. The second-order valence-corrected chi connectivity index (χ2v) is 5.63. The predicted octanol–water partition coefficient (Wildman–Crippen LogP) is 2.12. The normalized spacial score (nSPS) is 12.3. The number of alkyl carbamates (subject to hydrolysis) is 1. The second-order valence-electron chi connectivity index (χ2n) is 5.63. The van der Waals surface area contributed by atoms with Crippen LogP contribution in [0.5, 0.6) is 0 Å². The molecular formula is C14H18N2O6. The Bertz CT molecular complexity index is 579. The van der Waals surface area contributed by atoms with Gasteiger partial charge in [0.1, 0.15) is 11.6 Å². The molecule has 1 aromatic carbocycles. The van der Waals surface area contributed by atoms with Crippen molar-refractivity contribution in [3.63, 3.8) is 0 Å². The second kappa shape index (κ2) is 6.88. The molecule has 8 heteroatoms. The molecule has 120 valence electrons. The lowest BCUT2D eigenvalue weighted by molar-refractivity contribution is -0.385. The van der Waals surface area contributed by atoms with Gasteiger partial charge in [0.2, 0.25) is 0 Å². The lowest BCUT2D eigenvalue weighted by Gasteiger charge is -2.22. The van der Waals surface area contributed by atoms with E-state index in [9.17, 15) is 24.8 Å². The summed E-state index contributed by atoms with van der Waals surface area (Å²) in [6.45, 7) is 4.93. The largest absolute Gasteiger partial charge is 0.480 e. The van der Waals surface area contributed by atoms with Crippen LogP contribution in [0.2, 0.25) is 0 Å². The minimum atomic E-state index is -1.32. The first kappa shape index (κ1) is 17.4. The highest BCUT2D eigenvalue weighted by atomic mass is 16.6. The molecule has 1 amide bonds. The van der Waals surface area contributed by atoms with E-state index in [1.165, 1.54) is 18.2 Å². The molecule has 0 aliphatic heterocycles. The average Bonchev–Trinajstić information content (AvgIpc) is 2.35. The van der Waals surface area contributed by atoms with Gasteiger partial charge in [0.25, 0.3) is 5.69 Å². The standard InChI is InChI=1S/C14H18N2O6/c1-14(2,3)22-13(19)15-10(12(17)18)8-9-6-4-5-7-11(9)16(20)21/h4-7,10H,8H2,1-3H3,(H,15,19)(H,17,18)/t10-/m1/s1. The van der Waals surface area contributed by atoms with E-state index in [2.05, 4.69) is 5.32 Å². The zero-order valence-electron chi connectivity index (χ0n) is 12.5. The highest BCUT2D eigenvalue weighted by Gasteiger charge is 2.26. The molecule has 0 fully saturated rings. The molecule has 0 aliphatic rings. The van der Waals surface area contributed by atoms with Crippen molar-refractivity contribution in [2.75, 3.05) is 0 Å². The van der Waals surface area contributed by atoms with Crippen molar-refractivity contribution in [3.05, 3.63) is 39.9 Å². The molecule has 1 atom stereocenters. The van der Waals surface area contributed by atoms with Crippen molar-refractivity contribution >= 4 is 17.7 Å². The summed E-state index contributed by atoms with van der Waals surface area (Å²) >= 11 is 0. The molecule has 0 heterocycles. The van der Waals surface area contributed by atoms with Crippen molar-refractivity contribution in [1.82, 2.24) is 5.32 Å². The molecular weight excluding hydrogens is 292 g/mol. The molecule has 1 aromatic rings. The van der Waals surface area contributed by atoms with E-state index in [1.807, 2.05) is 0 Å². The van der Waals surface area contributed by atoms with Gasteiger partial charge in [-0.1, -0.05) is 18.2 Å². The number of hydrogen-bond acceptors (Lipinski definition) is 5. The summed E-state index contributed by atoms with van der Waals surface area (Å²) in [4.78, 5) is 33.2. The maximum atomic E-state index is 11.7. The lowest BCUT2D eigenvalue weighted by atomic mass is 10.0. The van der Waals surface area contributed by atoms with Crippen LogP contribution < -0.4 is 5.32 Å². The van der Waals surface area contributed by atoms with Crippen LogP contribution in [0.25, 0.3) is 0 Å². The van der Waals surface area contributed by atoms with Gasteiger partial charge in [0.05, 0.1) is 4.92 Å². The first-order chi connectivity index (χ1) is 10.1. The Morgan fingerprint density at radius 1 is 1.36 bits per heavy atom. The number of carbonyl (C=O) groups excluding carboxylic acids is 1. The fourth-order valence-corrected chi connectivity index (χ4v) is 1.73. The van der Waals surface area contributed by atoms with Crippen molar-refractivity contribution in [2.24, 2.45) is 0 Å². The van der Waals surface area contributed by atoms with Gasteiger partial charge >= 0.3 is 12.1 Å². The number of para-hydroxylation sites is 1. The number of nitro groups is 1. The zero-order valence-corrected chi connectivity index (χ0v) is 12.5. The maximum Gasteiger partial charge on any atom is 0.408 e. The number of nitrogens with zero attached hydrogens (tertiary/aromatic N) is 1. The number of amides is 1. The lowest BCUT2D eigenvalue weighted by Crippen LogP contribution is -2.44. The van der Waals surface area contributed by atoms with Gasteiger partial charge in [-0.15, -0.1) is 0 Å². The van der Waals surface area contributed by atoms with Gasteiger partial charge in [-0.2, -0.15) is 0 Å². The molecule has 0 bridgehead atoms. The molecule has 0 saturated carbocycles. The van der Waals surface area contributed by atoms with Crippen LogP contribution >= 0.6 is 0 Å². The third kappa shape index (κ3) is 5.39. The Morgan fingerprint density at radius 2 is 1.95 bits per heavy atom. The number of benzene rings is 1. The molecule has 22 heavy (non-hydrogen) atoms. The van der Waals surface area contributed by atoms with Gasteiger partial charge in [0.15, 0.2) is 0 Å². The quantitative estimate of drug-likeness (QED) is 0.635. The smallest absolute Gasteiger partial charge is 0.408 e. The molecule has 1 rings (SSSR count). The molecule has 0 spiro atoms. The minimum absolute atomic E-state index is 0.195. The van der Waals surface area contributed by atoms with E-state index in [0.29, 0.717) is 0 Å². The number of aliphatic carboxylic acids is 1. The van der Waals surface area contributed by atoms with E-state index in [4.69, 9.17) is 4.74 Å². The Morgan fingerprint density at radius 3 is 2.45 bits per heavy atom. The van der Waals surface area contributed by atoms with Crippen LogP contribution in [0, 0.1) is 10.1 Å². The molecule has 0 unspecified atom stereocenters. The van der Waals surface area contributed by atoms with Crippen molar-refractivity contribution in [1.29, 1.82) is 0 Å². The van der Waals surface area contributed by atoms with Gasteiger partial charge in [-0.3, -0.25) is 10.1 Å². The number of nitro benzene ring substituents is 1. The fraction of sp³-hybridized carbons (Fsp3) is 0.429. The number of carboxylic acids is 1. The number of nitrogens with one attached hydrogen (secondary N) is 1. The number of ether oxygens (including phenoxy) is 1. The molecule has 0 radical (unpaired) electrons. The van der Waals surface area contributed by atoms with Crippen LogP contribution in [0.3, 0.4) is 0 Å². The Hall–Kier alpha value is -2.64. The highest BCUT2D eigenvalue weighted by molar-refractivity contribution is 5.80. The van der Waals surface area contributed by atoms with Gasteiger partial charge in [-0.05, 0) is 20.8 Å². The zero-order chi connectivity index (χ0) is 16.9. The Balaban J connectivity index is 2.88. The topological polar surface area (TPSA) is 119 Å². The van der Waals surface area contributed by atoms with E-state index >= 15 is 0 Å². The summed E-state index contributed by atoms with van der Waals surface area (Å²) in [5.74, 6) is -1.30. The summed E-state index contributed by atoms with van der Waals surface area (Å²) in [7, 11) is 0. The molecule has 8 nitrogen and oxygen atoms in total. The average molecular weight is 310 g/mol. The summed E-state index contributed by atoms with van der Waals surface area (Å²) in [5, 5.41) is 22.3. The van der Waals surface area contributed by atoms with Crippen molar-refractivity contribution in [2.45, 2.75) is 38.8 Å². The SMILES string of the molecule is CC(C)(C)OC(=O)N[C@H](Cc1ccccc1[N+](=O)[O-])C(=O)O. The number of rotatable bonds is 5. The number of hydrogen-bond donors (Lipinski definition) is 2. The van der Waals surface area contributed by atoms with Crippen LogP contribution in [0.4, 0.5) is 10.5 Å². The first-order valence-electron chi connectivity index (χ1n) is 6.55. The Labute approximate surface area is 127 Å². The molecule has 0 saturated heterocycles. The van der Waals surface area contributed by atoms with Gasteiger partial charge in [0, 0.05) is 18.1 Å². The number of carboxylic acid groups (broad SMARTS) is 1. The van der Waals surface area contributed by atoms with Crippen molar-refractivity contribution in [3.8, 4) is 0 Å². The van der Waals surface area contributed by atoms with Gasteiger partial charge < -0.3 is 15.2 Å². The summed E-state index contributed by atoms with van der Waals surface area (Å²) in [6, 6.07) is 4.45. The van der Waals surface area contributed by atoms with Crippen LogP contribution in [-0.4, -0.2) is 33.7 Å². The summed E-state index contributed by atoms with van der Waals surface area (Å²) in [5.41, 5.74) is -0.748. The summed E-state index contributed by atoms with van der Waals surface area (Å²) in [6.07, 6.45) is -1.11. The van der Waals surface area contributed by atoms with E-state index in [1.54, 1.807) is 26.8 Å². The van der Waals surface area contributed by atoms with Crippen LogP contribution in [0.1, 0.15) is 26.3 Å². The predicted molar refractivity (Wildman–Crippen MR) is 77.6 cm³/mol. The molecule has 0 aromatic heterocycles. The van der Waals surface area contributed by atoms with Crippen molar-refractivity contribution < 1.29 is 24.4 Å². The number of carbonyl (C=O) groups is 2. The van der Waals surface area contributed by atoms with Gasteiger partial charge in [-0.25, -0.2) is 9.59 Å². The van der Waals surface area contributed by atoms with E-state index in [0.717, 1.165) is 0 Å². The van der Waals surface area contributed by atoms with Crippen LogP contribution in [-0.2, 0) is 16.0 Å². The molecule has 0 aliphatic carbocycles. The maximum absolute atomic E-state index is 11.7. The fourth-order valence-electron chi connectivity index (χ4n) is 1.73. The molecule has 2 N–H and O–H groups in total. The Kier molecular flexibility index (Phi) is 5.44.